The summed E-state index contributed by atoms with van der Waals surface area (Å²) in [6, 6.07) is 0. The number of hydrogen-bond acceptors (Lipinski definition) is 2. The fraction of sp³-hybridized carbons (Fsp3) is 0.938. The molecule has 1 aliphatic heterocycles. The summed E-state index contributed by atoms with van der Waals surface area (Å²) in [7, 11) is 0. The highest BCUT2D eigenvalue weighted by Crippen LogP contribution is 2.35. The van der Waals surface area contributed by atoms with Crippen LogP contribution in [0.25, 0.3) is 0 Å². The smallest absolute Gasteiger partial charge is 0.206 e. The number of hydrogen-bond donors (Lipinski definition) is 1. The van der Waals surface area contributed by atoms with Gasteiger partial charge in [0.1, 0.15) is 5.76 Å². The van der Waals surface area contributed by atoms with E-state index in [-0.39, 0.29) is 5.92 Å². The van der Waals surface area contributed by atoms with E-state index in [2.05, 4.69) is 19.9 Å². The van der Waals surface area contributed by atoms with Crippen LogP contribution in [0.4, 0.5) is 0 Å². The Labute approximate surface area is 214 Å². The van der Waals surface area contributed by atoms with E-state index in [0.29, 0.717) is 0 Å². The Morgan fingerprint density at radius 2 is 0.882 bits per heavy atom. The van der Waals surface area contributed by atoms with E-state index in [1.54, 1.807) is 0 Å². The van der Waals surface area contributed by atoms with E-state index in [4.69, 9.17) is 4.74 Å². The Morgan fingerprint density at radius 3 is 1.26 bits per heavy atom. The number of unbranched alkanes of at least 4 members (excludes halogenated alkanes) is 23. The van der Waals surface area contributed by atoms with Crippen molar-refractivity contribution in [3.63, 3.8) is 0 Å². The number of rotatable bonds is 26. The van der Waals surface area contributed by atoms with Gasteiger partial charge in [0, 0.05) is 0 Å². The van der Waals surface area contributed by atoms with Crippen LogP contribution in [-0.2, 0) is 4.74 Å². The summed E-state index contributed by atoms with van der Waals surface area (Å²) in [6.07, 6.45) is 37.4. The van der Waals surface area contributed by atoms with Crippen molar-refractivity contribution in [3.8, 4) is 0 Å². The third-order valence-corrected chi connectivity index (χ3v) is 7.74. The Bertz CT molecular complexity index is 444. The van der Waals surface area contributed by atoms with Gasteiger partial charge in [-0.1, -0.05) is 162 Å². The van der Waals surface area contributed by atoms with Gasteiger partial charge < -0.3 is 9.84 Å². The first-order valence-electron chi connectivity index (χ1n) is 15.8. The van der Waals surface area contributed by atoms with Crippen molar-refractivity contribution >= 4 is 0 Å². The second kappa shape index (κ2) is 24.2. The van der Waals surface area contributed by atoms with Crippen molar-refractivity contribution in [1.82, 2.24) is 0 Å². The number of aliphatic hydroxyl groups is 1. The predicted octanol–water partition coefficient (Wildman–Crippen LogP) is 11.0. The third kappa shape index (κ3) is 17.9. The summed E-state index contributed by atoms with van der Waals surface area (Å²) in [4.78, 5) is 0. The number of ether oxygens (including phenoxy) is 1. The molecule has 0 saturated carbocycles. The zero-order valence-corrected chi connectivity index (χ0v) is 23.5. The highest BCUT2D eigenvalue weighted by molar-refractivity contribution is 5.07. The molecule has 1 saturated heterocycles. The van der Waals surface area contributed by atoms with Gasteiger partial charge in [-0.25, -0.2) is 0 Å². The molecule has 1 fully saturated rings. The summed E-state index contributed by atoms with van der Waals surface area (Å²) in [5.74, 6) is 1.36. The maximum absolute atomic E-state index is 10.00. The fourth-order valence-corrected chi connectivity index (χ4v) is 5.30. The van der Waals surface area contributed by atoms with E-state index in [9.17, 15) is 5.11 Å². The van der Waals surface area contributed by atoms with E-state index < -0.39 is 6.29 Å². The van der Waals surface area contributed by atoms with Crippen LogP contribution in [0.2, 0.25) is 0 Å². The van der Waals surface area contributed by atoms with Gasteiger partial charge in [-0.15, -0.1) is 0 Å². The van der Waals surface area contributed by atoms with Crippen molar-refractivity contribution < 1.29 is 9.84 Å². The van der Waals surface area contributed by atoms with Crippen LogP contribution in [0, 0.1) is 5.92 Å². The molecule has 2 atom stereocenters. The van der Waals surface area contributed by atoms with Gasteiger partial charge in [0.05, 0.1) is 5.92 Å². The van der Waals surface area contributed by atoms with Gasteiger partial charge >= 0.3 is 0 Å². The minimum atomic E-state index is -0.541. The summed E-state index contributed by atoms with van der Waals surface area (Å²) in [5.41, 5.74) is 0. The molecule has 0 aliphatic carbocycles. The van der Waals surface area contributed by atoms with Crippen LogP contribution < -0.4 is 0 Å². The molecule has 0 spiro atoms. The van der Waals surface area contributed by atoms with Gasteiger partial charge in [0.2, 0.25) is 6.29 Å². The van der Waals surface area contributed by atoms with Crippen molar-refractivity contribution in [1.29, 1.82) is 0 Å². The first kappa shape index (κ1) is 31.5. The lowest BCUT2D eigenvalue weighted by Crippen LogP contribution is -2.37. The average Bonchev–Trinajstić information content (AvgIpc) is 2.84. The van der Waals surface area contributed by atoms with E-state index in [0.717, 1.165) is 18.6 Å². The molecule has 0 radical (unpaired) electrons. The van der Waals surface area contributed by atoms with Gasteiger partial charge in [0.15, 0.2) is 0 Å². The molecule has 1 unspecified atom stereocenters. The molecule has 2 heteroatoms. The molecule has 0 aromatic heterocycles. The van der Waals surface area contributed by atoms with Crippen molar-refractivity contribution in [2.75, 3.05) is 0 Å². The molecule has 2 nitrogen and oxygen atoms in total. The van der Waals surface area contributed by atoms with E-state index in [1.807, 2.05) is 0 Å². The first-order chi connectivity index (χ1) is 16.8. The molecule has 1 heterocycles. The summed E-state index contributed by atoms with van der Waals surface area (Å²) >= 11 is 0. The summed E-state index contributed by atoms with van der Waals surface area (Å²) in [6.45, 7) is 4.58. The second-order valence-corrected chi connectivity index (χ2v) is 11.1. The molecule has 1 rings (SSSR count). The van der Waals surface area contributed by atoms with Crippen LogP contribution in [0.1, 0.15) is 181 Å². The minimum absolute atomic E-state index is 0.278. The maximum atomic E-state index is 10.00. The Kier molecular flexibility index (Phi) is 22.4. The molecular formula is C32H62O2. The minimum Gasteiger partial charge on any atom is -0.468 e. The molecule has 1 aliphatic rings. The predicted molar refractivity (Wildman–Crippen MR) is 150 cm³/mol. The highest BCUT2D eigenvalue weighted by Gasteiger charge is 2.35. The van der Waals surface area contributed by atoms with Crippen LogP contribution >= 0.6 is 0 Å². The maximum Gasteiger partial charge on any atom is 0.206 e. The molecule has 0 bridgehead atoms. The largest absolute Gasteiger partial charge is 0.468 e. The van der Waals surface area contributed by atoms with Crippen LogP contribution in [-0.4, -0.2) is 11.4 Å². The van der Waals surface area contributed by atoms with Crippen LogP contribution in [0.3, 0.4) is 0 Å². The standard InChI is InChI=1S/C32H62O2/c1-3-5-7-9-11-13-15-17-19-21-23-25-27-29-31-30(32(33)34-31)28-26-24-22-20-18-16-14-12-10-8-6-4-2/h29-30,32-33H,3-28H2,1-2H3/b31-29+/t30?,32-/m0/s1. The monoisotopic (exact) mass is 478 g/mol. The third-order valence-electron chi connectivity index (χ3n) is 7.74. The zero-order valence-electron chi connectivity index (χ0n) is 23.5. The van der Waals surface area contributed by atoms with E-state index >= 15 is 0 Å². The lowest BCUT2D eigenvalue weighted by molar-refractivity contribution is -0.184. The van der Waals surface area contributed by atoms with Crippen LogP contribution in [0.15, 0.2) is 11.8 Å². The molecule has 34 heavy (non-hydrogen) atoms. The SMILES string of the molecule is CCCCCCCCCCCCCC/C=C1/O[C@H](O)C1CCCCCCCCCCCCCC. The molecule has 1 N–H and O–H groups in total. The molecular weight excluding hydrogens is 416 g/mol. The summed E-state index contributed by atoms with van der Waals surface area (Å²) < 4.78 is 5.53. The molecule has 202 valence electrons. The zero-order chi connectivity index (χ0) is 24.5. The first-order valence-corrected chi connectivity index (χ1v) is 15.8. The van der Waals surface area contributed by atoms with Crippen molar-refractivity contribution in [2.24, 2.45) is 5.92 Å². The average molecular weight is 479 g/mol. The van der Waals surface area contributed by atoms with Crippen LogP contribution in [0.5, 0.6) is 0 Å². The summed E-state index contributed by atoms with van der Waals surface area (Å²) in [5, 5.41) is 10.00. The lowest BCUT2D eigenvalue weighted by Gasteiger charge is -2.36. The second-order valence-electron chi connectivity index (χ2n) is 11.1. The topological polar surface area (TPSA) is 29.5 Å². The Hall–Kier alpha value is -0.500. The molecule has 0 aromatic rings. The quantitative estimate of drug-likeness (QED) is 0.125. The normalized spacial score (nSPS) is 18.9. The molecule has 0 aromatic carbocycles. The van der Waals surface area contributed by atoms with Gasteiger partial charge in [-0.05, 0) is 25.3 Å². The highest BCUT2D eigenvalue weighted by atomic mass is 16.6. The van der Waals surface area contributed by atoms with Gasteiger partial charge in [-0.2, -0.15) is 0 Å². The lowest BCUT2D eigenvalue weighted by atomic mass is 9.92. The van der Waals surface area contributed by atoms with Gasteiger partial charge in [-0.3, -0.25) is 0 Å². The molecule has 0 amide bonds. The van der Waals surface area contributed by atoms with Crippen molar-refractivity contribution in [2.45, 2.75) is 187 Å². The van der Waals surface area contributed by atoms with E-state index in [1.165, 1.54) is 154 Å². The van der Waals surface area contributed by atoms with Crippen molar-refractivity contribution in [3.05, 3.63) is 11.8 Å². The Balaban J connectivity index is 1.87. The number of allylic oxidation sites excluding steroid dienone is 1. The number of aliphatic hydroxyl groups excluding tert-OH is 1. The Morgan fingerprint density at radius 1 is 0.529 bits per heavy atom. The van der Waals surface area contributed by atoms with Gasteiger partial charge in [0.25, 0.3) is 0 Å². The fourth-order valence-electron chi connectivity index (χ4n) is 5.30.